The SMILES string of the molecule is C.Cc1cn(-c2ccc(C(C)C)cc2F)cn1. The lowest BCUT2D eigenvalue weighted by atomic mass is 10.0. The second-order valence-corrected chi connectivity index (χ2v) is 4.29. The summed E-state index contributed by atoms with van der Waals surface area (Å²) >= 11 is 0. The van der Waals surface area contributed by atoms with E-state index in [1.54, 1.807) is 23.0 Å². The largest absolute Gasteiger partial charge is 0.303 e. The number of benzene rings is 1. The number of nitrogens with zero attached hydrogens (tertiary/aromatic N) is 2. The third-order valence-corrected chi connectivity index (χ3v) is 2.63. The molecular weight excluding hydrogens is 215 g/mol. The van der Waals surface area contributed by atoms with Gasteiger partial charge in [0.05, 0.1) is 17.7 Å². The van der Waals surface area contributed by atoms with E-state index in [9.17, 15) is 4.39 Å². The zero-order valence-electron chi connectivity index (χ0n) is 9.74. The maximum Gasteiger partial charge on any atom is 0.147 e. The topological polar surface area (TPSA) is 17.8 Å². The molecule has 0 amide bonds. The van der Waals surface area contributed by atoms with E-state index < -0.39 is 0 Å². The van der Waals surface area contributed by atoms with Gasteiger partial charge in [-0.05, 0) is 30.5 Å². The molecule has 0 radical (unpaired) electrons. The summed E-state index contributed by atoms with van der Waals surface area (Å²) in [5, 5.41) is 0. The van der Waals surface area contributed by atoms with Gasteiger partial charge in [0.1, 0.15) is 5.82 Å². The fourth-order valence-corrected chi connectivity index (χ4v) is 1.64. The first-order valence-corrected chi connectivity index (χ1v) is 5.38. The van der Waals surface area contributed by atoms with Crippen molar-refractivity contribution in [2.75, 3.05) is 0 Å². The summed E-state index contributed by atoms with van der Waals surface area (Å²) in [6.45, 7) is 5.99. The van der Waals surface area contributed by atoms with Crippen molar-refractivity contribution in [2.45, 2.75) is 34.1 Å². The average Bonchev–Trinajstić information content (AvgIpc) is 2.64. The first-order chi connectivity index (χ1) is 7.58. The summed E-state index contributed by atoms with van der Waals surface area (Å²) in [6, 6.07) is 5.35. The van der Waals surface area contributed by atoms with Crippen molar-refractivity contribution in [3.8, 4) is 5.69 Å². The van der Waals surface area contributed by atoms with Crippen LogP contribution in [-0.2, 0) is 0 Å². The van der Waals surface area contributed by atoms with Crippen molar-refractivity contribution in [3.05, 3.63) is 47.8 Å². The lowest BCUT2D eigenvalue weighted by Gasteiger charge is -2.08. The van der Waals surface area contributed by atoms with Gasteiger partial charge in [-0.25, -0.2) is 9.37 Å². The molecule has 2 rings (SSSR count). The molecular formula is C14H19FN2. The van der Waals surface area contributed by atoms with Crippen LogP contribution in [0.5, 0.6) is 0 Å². The van der Waals surface area contributed by atoms with Crippen molar-refractivity contribution in [3.63, 3.8) is 0 Å². The normalized spacial score (nSPS) is 10.4. The van der Waals surface area contributed by atoms with E-state index in [1.807, 2.05) is 19.2 Å². The van der Waals surface area contributed by atoms with Gasteiger partial charge < -0.3 is 4.57 Å². The fourth-order valence-electron chi connectivity index (χ4n) is 1.64. The average molecular weight is 234 g/mol. The summed E-state index contributed by atoms with van der Waals surface area (Å²) in [5.74, 6) is 0.136. The van der Waals surface area contributed by atoms with E-state index in [-0.39, 0.29) is 13.2 Å². The zero-order valence-corrected chi connectivity index (χ0v) is 9.74. The Morgan fingerprint density at radius 3 is 2.47 bits per heavy atom. The Morgan fingerprint density at radius 1 is 1.29 bits per heavy atom. The molecule has 0 aliphatic heterocycles. The van der Waals surface area contributed by atoms with Gasteiger partial charge in [0.25, 0.3) is 0 Å². The standard InChI is InChI=1S/C13H15FN2.CH4/c1-9(2)11-4-5-13(12(14)6-11)16-7-10(3)15-8-16;/h4-9H,1-3H3;1H4. The van der Waals surface area contributed by atoms with Gasteiger partial charge >= 0.3 is 0 Å². The van der Waals surface area contributed by atoms with Gasteiger partial charge in [0.2, 0.25) is 0 Å². The molecule has 17 heavy (non-hydrogen) atoms. The highest BCUT2D eigenvalue weighted by molar-refractivity contribution is 5.37. The highest BCUT2D eigenvalue weighted by Gasteiger charge is 2.07. The first kappa shape index (κ1) is 13.4. The summed E-state index contributed by atoms with van der Waals surface area (Å²) in [7, 11) is 0. The highest BCUT2D eigenvalue weighted by atomic mass is 19.1. The number of hydrogen-bond acceptors (Lipinski definition) is 1. The molecule has 0 saturated carbocycles. The molecule has 2 nitrogen and oxygen atoms in total. The predicted molar refractivity (Wildman–Crippen MR) is 69.1 cm³/mol. The van der Waals surface area contributed by atoms with E-state index in [1.165, 1.54) is 0 Å². The molecule has 1 heterocycles. The van der Waals surface area contributed by atoms with Gasteiger partial charge in [-0.3, -0.25) is 0 Å². The molecule has 3 heteroatoms. The monoisotopic (exact) mass is 234 g/mol. The number of halogens is 1. The molecule has 0 saturated heterocycles. The minimum atomic E-state index is -0.205. The quantitative estimate of drug-likeness (QED) is 0.765. The zero-order chi connectivity index (χ0) is 11.7. The van der Waals surface area contributed by atoms with Crippen LogP contribution in [0.4, 0.5) is 4.39 Å². The van der Waals surface area contributed by atoms with E-state index in [4.69, 9.17) is 0 Å². The molecule has 0 aliphatic carbocycles. The van der Waals surface area contributed by atoms with E-state index in [2.05, 4.69) is 18.8 Å². The molecule has 2 aromatic rings. The lowest BCUT2D eigenvalue weighted by Crippen LogP contribution is -1.97. The van der Waals surface area contributed by atoms with Crippen molar-refractivity contribution in [1.82, 2.24) is 9.55 Å². The van der Waals surface area contributed by atoms with Crippen molar-refractivity contribution < 1.29 is 4.39 Å². The summed E-state index contributed by atoms with van der Waals surface area (Å²) < 4.78 is 15.6. The van der Waals surface area contributed by atoms with Crippen LogP contribution in [0, 0.1) is 12.7 Å². The maximum atomic E-state index is 13.9. The smallest absolute Gasteiger partial charge is 0.147 e. The molecule has 1 aromatic carbocycles. The summed E-state index contributed by atoms with van der Waals surface area (Å²) in [6.07, 6.45) is 3.44. The van der Waals surface area contributed by atoms with Gasteiger partial charge in [-0.15, -0.1) is 0 Å². The predicted octanol–water partition coefficient (Wildman–Crippen LogP) is 4.08. The highest BCUT2D eigenvalue weighted by Crippen LogP contribution is 2.20. The van der Waals surface area contributed by atoms with Crippen LogP contribution in [-0.4, -0.2) is 9.55 Å². The van der Waals surface area contributed by atoms with Crippen molar-refractivity contribution in [2.24, 2.45) is 0 Å². The molecule has 0 fully saturated rings. The minimum absolute atomic E-state index is 0. The van der Waals surface area contributed by atoms with Crippen molar-refractivity contribution in [1.29, 1.82) is 0 Å². The van der Waals surface area contributed by atoms with Crippen LogP contribution in [0.3, 0.4) is 0 Å². The third kappa shape index (κ3) is 2.73. The second-order valence-electron chi connectivity index (χ2n) is 4.29. The van der Waals surface area contributed by atoms with Crippen LogP contribution in [0.15, 0.2) is 30.7 Å². The molecule has 92 valence electrons. The Kier molecular flexibility index (Phi) is 4.05. The van der Waals surface area contributed by atoms with Crippen LogP contribution in [0.1, 0.15) is 38.4 Å². The minimum Gasteiger partial charge on any atom is -0.303 e. The Labute approximate surface area is 102 Å². The lowest BCUT2D eigenvalue weighted by molar-refractivity contribution is 0.613. The molecule has 0 spiro atoms. The van der Waals surface area contributed by atoms with Crippen LogP contribution >= 0.6 is 0 Å². The number of imidazole rings is 1. The van der Waals surface area contributed by atoms with Gasteiger partial charge in [-0.1, -0.05) is 27.3 Å². The maximum absolute atomic E-state index is 13.9. The number of hydrogen-bond donors (Lipinski definition) is 0. The van der Waals surface area contributed by atoms with Crippen molar-refractivity contribution >= 4 is 0 Å². The molecule has 0 N–H and O–H groups in total. The Morgan fingerprint density at radius 2 is 2.00 bits per heavy atom. The molecule has 0 unspecified atom stereocenters. The molecule has 1 aromatic heterocycles. The number of rotatable bonds is 2. The van der Waals surface area contributed by atoms with E-state index >= 15 is 0 Å². The fraction of sp³-hybridized carbons (Fsp3) is 0.357. The molecule has 0 bridgehead atoms. The Bertz CT molecular complexity index is 501. The number of aromatic nitrogens is 2. The van der Waals surface area contributed by atoms with Gasteiger partial charge in [-0.2, -0.15) is 0 Å². The van der Waals surface area contributed by atoms with Gasteiger partial charge in [0.15, 0.2) is 0 Å². The third-order valence-electron chi connectivity index (χ3n) is 2.63. The summed E-state index contributed by atoms with van der Waals surface area (Å²) in [5.41, 5.74) is 2.44. The molecule has 0 aliphatic rings. The number of aryl methyl sites for hydroxylation is 1. The Hall–Kier alpha value is -1.64. The van der Waals surface area contributed by atoms with Crippen LogP contribution in [0.2, 0.25) is 0 Å². The summed E-state index contributed by atoms with van der Waals surface area (Å²) in [4.78, 5) is 4.09. The molecule has 0 atom stereocenters. The van der Waals surface area contributed by atoms with Crippen LogP contribution in [0.25, 0.3) is 5.69 Å². The van der Waals surface area contributed by atoms with E-state index in [0.29, 0.717) is 11.6 Å². The van der Waals surface area contributed by atoms with Crippen LogP contribution < -0.4 is 0 Å². The first-order valence-electron chi connectivity index (χ1n) is 5.38. The van der Waals surface area contributed by atoms with Gasteiger partial charge in [0, 0.05) is 6.20 Å². The van der Waals surface area contributed by atoms with E-state index in [0.717, 1.165) is 11.3 Å². The Balaban J connectivity index is 0.00000144. The second kappa shape index (κ2) is 5.13.